The standard InChI is InChI=1S/C22H24N4O/c1-15(2)11-21(27)25(4)14-19-22(18-8-6-17(12-23)7-9-18)24-20-10-5-16(3)13-26(19)20/h5-10,13,15H,11,14H2,1-4H3. The number of fused-ring (bicyclic) bond motifs is 1. The molecule has 0 aliphatic heterocycles. The highest BCUT2D eigenvalue weighted by atomic mass is 16.2. The summed E-state index contributed by atoms with van der Waals surface area (Å²) < 4.78 is 2.06. The second-order valence-corrected chi connectivity index (χ2v) is 7.38. The molecule has 0 atom stereocenters. The van der Waals surface area contributed by atoms with Crippen molar-refractivity contribution in [3.63, 3.8) is 0 Å². The minimum atomic E-state index is 0.124. The molecule has 27 heavy (non-hydrogen) atoms. The fourth-order valence-corrected chi connectivity index (χ4v) is 3.10. The summed E-state index contributed by atoms with van der Waals surface area (Å²) in [6.45, 7) is 6.61. The molecule has 0 fully saturated rings. The quantitative estimate of drug-likeness (QED) is 0.685. The lowest BCUT2D eigenvalue weighted by atomic mass is 10.1. The van der Waals surface area contributed by atoms with Crippen LogP contribution in [0.3, 0.4) is 0 Å². The largest absolute Gasteiger partial charge is 0.340 e. The molecule has 1 aromatic carbocycles. The number of hydrogen-bond donors (Lipinski definition) is 0. The van der Waals surface area contributed by atoms with Crippen molar-refractivity contribution >= 4 is 11.6 Å². The number of aromatic nitrogens is 2. The number of nitriles is 1. The number of pyridine rings is 1. The summed E-state index contributed by atoms with van der Waals surface area (Å²) in [5.74, 6) is 0.445. The first-order chi connectivity index (χ1) is 12.9. The smallest absolute Gasteiger partial charge is 0.222 e. The number of carbonyl (C=O) groups excluding carboxylic acids is 1. The minimum Gasteiger partial charge on any atom is -0.340 e. The lowest BCUT2D eigenvalue weighted by Gasteiger charge is -2.19. The molecule has 138 valence electrons. The maximum Gasteiger partial charge on any atom is 0.222 e. The van der Waals surface area contributed by atoms with E-state index in [4.69, 9.17) is 10.2 Å². The second kappa shape index (κ2) is 7.63. The maximum atomic E-state index is 12.5. The summed E-state index contributed by atoms with van der Waals surface area (Å²) in [5, 5.41) is 9.04. The Morgan fingerprint density at radius 1 is 1.22 bits per heavy atom. The summed E-state index contributed by atoms with van der Waals surface area (Å²) in [7, 11) is 1.84. The van der Waals surface area contributed by atoms with Crippen LogP contribution in [0.5, 0.6) is 0 Å². The molecule has 0 aliphatic carbocycles. The number of amides is 1. The van der Waals surface area contributed by atoms with Crippen LogP contribution in [0.2, 0.25) is 0 Å². The highest BCUT2D eigenvalue weighted by Gasteiger charge is 2.19. The third kappa shape index (κ3) is 4.01. The molecular formula is C22H24N4O. The van der Waals surface area contributed by atoms with E-state index in [-0.39, 0.29) is 5.91 Å². The van der Waals surface area contributed by atoms with Gasteiger partial charge in [0.25, 0.3) is 0 Å². The van der Waals surface area contributed by atoms with E-state index in [1.54, 1.807) is 17.0 Å². The van der Waals surface area contributed by atoms with Gasteiger partial charge in [-0.05, 0) is 36.6 Å². The molecular weight excluding hydrogens is 336 g/mol. The fraction of sp³-hybridized carbons (Fsp3) is 0.318. The van der Waals surface area contributed by atoms with Gasteiger partial charge in [-0.25, -0.2) is 4.98 Å². The van der Waals surface area contributed by atoms with Crippen molar-refractivity contribution in [2.24, 2.45) is 5.92 Å². The molecule has 2 heterocycles. The monoisotopic (exact) mass is 360 g/mol. The Morgan fingerprint density at radius 2 is 1.93 bits per heavy atom. The Hall–Kier alpha value is -3.13. The van der Waals surface area contributed by atoms with Crippen molar-refractivity contribution < 1.29 is 4.79 Å². The van der Waals surface area contributed by atoms with Crippen LogP contribution in [-0.2, 0) is 11.3 Å². The predicted octanol–water partition coefficient (Wildman–Crippen LogP) is 4.19. The SMILES string of the molecule is Cc1ccc2nc(-c3ccc(C#N)cc3)c(CN(C)C(=O)CC(C)C)n2c1. The zero-order valence-electron chi connectivity index (χ0n) is 16.2. The molecule has 3 rings (SSSR count). The zero-order chi connectivity index (χ0) is 19.6. The van der Waals surface area contributed by atoms with E-state index < -0.39 is 0 Å². The van der Waals surface area contributed by atoms with E-state index in [1.807, 2.05) is 58.3 Å². The Bertz CT molecular complexity index is 1010. The fourth-order valence-electron chi connectivity index (χ4n) is 3.10. The topological polar surface area (TPSA) is 61.4 Å². The van der Waals surface area contributed by atoms with E-state index in [1.165, 1.54) is 0 Å². The van der Waals surface area contributed by atoms with Crippen molar-refractivity contribution in [3.8, 4) is 17.3 Å². The van der Waals surface area contributed by atoms with Gasteiger partial charge in [0.15, 0.2) is 0 Å². The number of hydrogen-bond acceptors (Lipinski definition) is 3. The van der Waals surface area contributed by atoms with Gasteiger partial charge in [-0.2, -0.15) is 5.26 Å². The Balaban J connectivity index is 2.06. The first-order valence-electron chi connectivity index (χ1n) is 9.11. The third-order valence-electron chi connectivity index (χ3n) is 4.55. The van der Waals surface area contributed by atoms with Crippen LogP contribution < -0.4 is 0 Å². The Morgan fingerprint density at radius 3 is 2.56 bits per heavy atom. The number of benzene rings is 1. The van der Waals surface area contributed by atoms with Crippen LogP contribution in [0.1, 0.15) is 37.1 Å². The molecule has 5 nitrogen and oxygen atoms in total. The summed E-state index contributed by atoms with van der Waals surface area (Å²) in [6, 6.07) is 13.6. The van der Waals surface area contributed by atoms with E-state index >= 15 is 0 Å². The number of carbonyl (C=O) groups is 1. The summed E-state index contributed by atoms with van der Waals surface area (Å²) in [4.78, 5) is 19.0. The van der Waals surface area contributed by atoms with E-state index in [0.717, 1.165) is 28.2 Å². The molecule has 0 unspecified atom stereocenters. The van der Waals surface area contributed by atoms with Crippen molar-refractivity contribution in [1.82, 2.24) is 14.3 Å². The molecule has 3 aromatic rings. The summed E-state index contributed by atoms with van der Waals surface area (Å²) in [6.07, 6.45) is 2.57. The summed E-state index contributed by atoms with van der Waals surface area (Å²) >= 11 is 0. The predicted molar refractivity (Wildman–Crippen MR) is 106 cm³/mol. The average molecular weight is 360 g/mol. The highest BCUT2D eigenvalue weighted by molar-refractivity contribution is 5.76. The van der Waals surface area contributed by atoms with Gasteiger partial charge in [-0.3, -0.25) is 4.79 Å². The lowest BCUT2D eigenvalue weighted by molar-refractivity contribution is -0.131. The first kappa shape index (κ1) is 18.7. The Labute approximate surface area is 159 Å². The molecule has 0 saturated heterocycles. The third-order valence-corrected chi connectivity index (χ3v) is 4.55. The van der Waals surface area contributed by atoms with Gasteiger partial charge in [0, 0.05) is 25.2 Å². The number of nitrogens with zero attached hydrogens (tertiary/aromatic N) is 4. The molecule has 5 heteroatoms. The summed E-state index contributed by atoms with van der Waals surface area (Å²) in [5.41, 5.74) is 5.34. The van der Waals surface area contributed by atoms with Gasteiger partial charge in [-0.15, -0.1) is 0 Å². The van der Waals surface area contributed by atoms with Crippen LogP contribution >= 0.6 is 0 Å². The number of imidazole rings is 1. The van der Waals surface area contributed by atoms with Crippen molar-refractivity contribution in [1.29, 1.82) is 5.26 Å². The molecule has 0 aliphatic rings. The zero-order valence-corrected chi connectivity index (χ0v) is 16.2. The molecule has 2 aromatic heterocycles. The minimum absolute atomic E-state index is 0.124. The molecule has 0 N–H and O–H groups in total. The van der Waals surface area contributed by atoms with E-state index in [9.17, 15) is 4.79 Å². The van der Waals surface area contributed by atoms with Gasteiger partial charge in [0.1, 0.15) is 5.65 Å². The van der Waals surface area contributed by atoms with Crippen LogP contribution in [-0.4, -0.2) is 27.2 Å². The molecule has 0 radical (unpaired) electrons. The molecule has 0 saturated carbocycles. The van der Waals surface area contributed by atoms with Gasteiger partial charge in [0.05, 0.1) is 29.6 Å². The van der Waals surface area contributed by atoms with Crippen LogP contribution in [0.25, 0.3) is 16.9 Å². The van der Waals surface area contributed by atoms with E-state index in [0.29, 0.717) is 24.4 Å². The number of aryl methyl sites for hydroxylation is 1. The van der Waals surface area contributed by atoms with Crippen LogP contribution in [0.15, 0.2) is 42.6 Å². The van der Waals surface area contributed by atoms with Crippen molar-refractivity contribution in [2.75, 3.05) is 7.05 Å². The number of rotatable bonds is 5. The van der Waals surface area contributed by atoms with Gasteiger partial charge in [0.2, 0.25) is 5.91 Å². The normalized spacial score (nSPS) is 11.0. The Kier molecular flexibility index (Phi) is 5.27. The van der Waals surface area contributed by atoms with Gasteiger partial charge in [-0.1, -0.05) is 32.0 Å². The van der Waals surface area contributed by atoms with Crippen molar-refractivity contribution in [3.05, 3.63) is 59.4 Å². The lowest BCUT2D eigenvalue weighted by Crippen LogP contribution is -2.28. The highest BCUT2D eigenvalue weighted by Crippen LogP contribution is 2.26. The maximum absolute atomic E-state index is 12.5. The van der Waals surface area contributed by atoms with Crippen molar-refractivity contribution in [2.45, 2.75) is 33.7 Å². The molecule has 0 bridgehead atoms. The van der Waals surface area contributed by atoms with Gasteiger partial charge < -0.3 is 9.30 Å². The van der Waals surface area contributed by atoms with E-state index in [2.05, 4.69) is 10.5 Å². The second-order valence-electron chi connectivity index (χ2n) is 7.38. The van der Waals surface area contributed by atoms with Crippen LogP contribution in [0.4, 0.5) is 0 Å². The average Bonchev–Trinajstić information content (AvgIpc) is 2.99. The van der Waals surface area contributed by atoms with Gasteiger partial charge >= 0.3 is 0 Å². The van der Waals surface area contributed by atoms with Crippen LogP contribution in [0, 0.1) is 24.2 Å². The molecule has 0 spiro atoms. The first-order valence-corrected chi connectivity index (χ1v) is 9.11. The molecule has 1 amide bonds.